The van der Waals surface area contributed by atoms with Gasteiger partial charge in [0.15, 0.2) is 0 Å². The fourth-order valence-corrected chi connectivity index (χ4v) is 2.03. The van der Waals surface area contributed by atoms with Gasteiger partial charge in [0.1, 0.15) is 0 Å². The van der Waals surface area contributed by atoms with Crippen molar-refractivity contribution in [1.82, 2.24) is 10.3 Å². The van der Waals surface area contributed by atoms with Crippen LogP contribution >= 0.6 is 0 Å². The molecule has 0 aliphatic heterocycles. The highest BCUT2D eigenvalue weighted by molar-refractivity contribution is 5.25. The van der Waals surface area contributed by atoms with Crippen LogP contribution in [0.5, 0.6) is 5.88 Å². The van der Waals surface area contributed by atoms with Gasteiger partial charge in [0.05, 0.1) is 6.10 Å². The first kappa shape index (κ1) is 16.0. The molecule has 19 heavy (non-hydrogen) atoms. The van der Waals surface area contributed by atoms with Crippen molar-refractivity contribution in [3.63, 3.8) is 0 Å². The number of nitrogens with zero attached hydrogens (tertiary/aromatic N) is 1. The highest BCUT2D eigenvalue weighted by Crippen LogP contribution is 2.17. The molecular formula is C16H28N2O. The molecule has 0 spiro atoms. The van der Waals surface area contributed by atoms with Crippen molar-refractivity contribution in [3.8, 4) is 5.88 Å². The molecule has 3 nitrogen and oxygen atoms in total. The van der Waals surface area contributed by atoms with E-state index in [1.807, 2.05) is 6.07 Å². The molecule has 0 amide bonds. The van der Waals surface area contributed by atoms with E-state index in [9.17, 15) is 0 Å². The molecule has 0 aromatic carbocycles. The second-order valence-corrected chi connectivity index (χ2v) is 5.03. The van der Waals surface area contributed by atoms with E-state index in [-0.39, 0.29) is 6.10 Å². The lowest BCUT2D eigenvalue weighted by Crippen LogP contribution is -2.17. The smallest absolute Gasteiger partial charge is 0.218 e. The molecule has 1 atom stereocenters. The zero-order valence-corrected chi connectivity index (χ0v) is 12.6. The largest absolute Gasteiger partial charge is 0.474 e. The van der Waals surface area contributed by atoms with Crippen LogP contribution in [0.1, 0.15) is 58.4 Å². The van der Waals surface area contributed by atoms with Gasteiger partial charge in [0.25, 0.3) is 0 Å². The zero-order valence-electron chi connectivity index (χ0n) is 12.6. The average Bonchev–Trinajstić information content (AvgIpc) is 2.43. The third-order valence-electron chi connectivity index (χ3n) is 3.19. The molecule has 108 valence electrons. The predicted molar refractivity (Wildman–Crippen MR) is 80.5 cm³/mol. The summed E-state index contributed by atoms with van der Waals surface area (Å²) in [5.41, 5.74) is 1.14. The Kier molecular flexibility index (Phi) is 8.23. The van der Waals surface area contributed by atoms with Gasteiger partial charge in [-0.05, 0) is 32.4 Å². The van der Waals surface area contributed by atoms with Crippen molar-refractivity contribution in [1.29, 1.82) is 0 Å². The van der Waals surface area contributed by atoms with Crippen molar-refractivity contribution in [2.24, 2.45) is 0 Å². The maximum Gasteiger partial charge on any atom is 0.218 e. The summed E-state index contributed by atoms with van der Waals surface area (Å²) in [6.45, 7) is 8.26. The number of hydrogen-bond acceptors (Lipinski definition) is 3. The quantitative estimate of drug-likeness (QED) is 0.650. The van der Waals surface area contributed by atoms with Crippen LogP contribution in [-0.4, -0.2) is 17.6 Å². The molecule has 0 bridgehead atoms. The van der Waals surface area contributed by atoms with Crippen molar-refractivity contribution >= 4 is 0 Å². The summed E-state index contributed by atoms with van der Waals surface area (Å²) in [4.78, 5) is 4.35. The minimum absolute atomic E-state index is 0.243. The number of nitrogens with one attached hydrogen (secondary N) is 1. The molecule has 0 radical (unpaired) electrons. The fourth-order valence-electron chi connectivity index (χ4n) is 2.03. The highest BCUT2D eigenvalue weighted by atomic mass is 16.5. The number of rotatable bonds is 10. The Balaban J connectivity index is 2.41. The van der Waals surface area contributed by atoms with E-state index in [2.05, 4.69) is 37.1 Å². The van der Waals surface area contributed by atoms with Gasteiger partial charge >= 0.3 is 0 Å². The Hall–Kier alpha value is -1.09. The van der Waals surface area contributed by atoms with Crippen molar-refractivity contribution in [2.75, 3.05) is 6.54 Å². The first-order valence-corrected chi connectivity index (χ1v) is 7.59. The van der Waals surface area contributed by atoms with E-state index in [1.165, 1.54) is 25.7 Å². The van der Waals surface area contributed by atoms with Crippen LogP contribution in [0.25, 0.3) is 0 Å². The van der Waals surface area contributed by atoms with Crippen LogP contribution < -0.4 is 10.1 Å². The molecule has 1 heterocycles. The lowest BCUT2D eigenvalue weighted by atomic mass is 10.1. The molecule has 1 rings (SSSR count). The molecule has 1 unspecified atom stereocenters. The molecule has 1 N–H and O–H groups in total. The van der Waals surface area contributed by atoms with E-state index in [1.54, 1.807) is 6.20 Å². The highest BCUT2D eigenvalue weighted by Gasteiger charge is 2.09. The SMILES string of the molecule is CCCCCCC(C)Oc1ncccc1CNCC. The molecule has 1 aromatic heterocycles. The molecule has 3 heteroatoms. The Labute approximate surface area is 117 Å². The Morgan fingerprint density at radius 2 is 2.11 bits per heavy atom. The van der Waals surface area contributed by atoms with Crippen molar-refractivity contribution in [3.05, 3.63) is 23.9 Å². The molecule has 0 fully saturated rings. The molecule has 0 aliphatic rings. The lowest BCUT2D eigenvalue weighted by molar-refractivity contribution is 0.195. The first-order valence-electron chi connectivity index (χ1n) is 7.59. The van der Waals surface area contributed by atoms with E-state index in [0.29, 0.717) is 0 Å². The van der Waals surface area contributed by atoms with Crippen LogP contribution in [0.2, 0.25) is 0 Å². The Morgan fingerprint density at radius 3 is 2.84 bits per heavy atom. The van der Waals surface area contributed by atoms with Gasteiger partial charge in [-0.25, -0.2) is 4.98 Å². The van der Waals surface area contributed by atoms with E-state index in [4.69, 9.17) is 4.74 Å². The van der Waals surface area contributed by atoms with E-state index >= 15 is 0 Å². The third-order valence-corrected chi connectivity index (χ3v) is 3.19. The van der Waals surface area contributed by atoms with Gasteiger partial charge in [-0.2, -0.15) is 0 Å². The fraction of sp³-hybridized carbons (Fsp3) is 0.688. The number of hydrogen-bond donors (Lipinski definition) is 1. The summed E-state index contributed by atoms with van der Waals surface area (Å²) < 4.78 is 5.97. The third kappa shape index (κ3) is 6.58. The number of pyridine rings is 1. The maximum atomic E-state index is 5.97. The molecule has 0 aliphatic carbocycles. The van der Waals surface area contributed by atoms with Gasteiger partial charge in [-0.15, -0.1) is 0 Å². The molecule has 0 saturated heterocycles. The summed E-state index contributed by atoms with van der Waals surface area (Å²) in [5.74, 6) is 0.784. The van der Waals surface area contributed by atoms with E-state index < -0.39 is 0 Å². The van der Waals surface area contributed by atoms with Gasteiger partial charge in [0.2, 0.25) is 5.88 Å². The molecule has 1 aromatic rings. The summed E-state index contributed by atoms with van der Waals surface area (Å²) >= 11 is 0. The van der Waals surface area contributed by atoms with Crippen LogP contribution in [-0.2, 0) is 6.54 Å². The van der Waals surface area contributed by atoms with Gasteiger partial charge in [-0.1, -0.05) is 39.2 Å². The average molecular weight is 264 g/mol. The summed E-state index contributed by atoms with van der Waals surface area (Å²) in [5, 5.41) is 3.32. The predicted octanol–water partition coefficient (Wildman–Crippen LogP) is 3.93. The van der Waals surface area contributed by atoms with Gasteiger partial charge in [0, 0.05) is 18.3 Å². The summed E-state index contributed by atoms with van der Waals surface area (Å²) in [7, 11) is 0. The van der Waals surface area contributed by atoms with Crippen LogP contribution in [0, 0.1) is 0 Å². The minimum Gasteiger partial charge on any atom is -0.474 e. The lowest BCUT2D eigenvalue weighted by Gasteiger charge is -2.16. The standard InChI is InChI=1S/C16H28N2O/c1-4-6-7-8-10-14(3)19-16-15(13-17-5-2)11-9-12-18-16/h9,11-12,14,17H,4-8,10,13H2,1-3H3. The Bertz CT molecular complexity index is 341. The number of ether oxygens (including phenoxy) is 1. The van der Waals surface area contributed by atoms with E-state index in [0.717, 1.165) is 31.0 Å². The summed E-state index contributed by atoms with van der Waals surface area (Å²) in [6.07, 6.45) is 8.30. The van der Waals surface area contributed by atoms with Gasteiger partial charge in [-0.3, -0.25) is 0 Å². The Morgan fingerprint density at radius 1 is 1.26 bits per heavy atom. The van der Waals surface area contributed by atoms with Crippen LogP contribution in [0.15, 0.2) is 18.3 Å². The number of aromatic nitrogens is 1. The monoisotopic (exact) mass is 264 g/mol. The zero-order chi connectivity index (χ0) is 13.9. The topological polar surface area (TPSA) is 34.1 Å². The second kappa shape index (κ2) is 9.79. The number of unbranched alkanes of at least 4 members (excludes halogenated alkanes) is 3. The first-order chi connectivity index (χ1) is 9.27. The molecule has 0 saturated carbocycles. The van der Waals surface area contributed by atoms with Crippen molar-refractivity contribution < 1.29 is 4.74 Å². The normalized spacial score (nSPS) is 12.4. The van der Waals surface area contributed by atoms with Crippen LogP contribution in [0.3, 0.4) is 0 Å². The second-order valence-electron chi connectivity index (χ2n) is 5.03. The minimum atomic E-state index is 0.243. The summed E-state index contributed by atoms with van der Waals surface area (Å²) in [6, 6.07) is 4.04. The van der Waals surface area contributed by atoms with Crippen molar-refractivity contribution in [2.45, 2.75) is 65.5 Å². The van der Waals surface area contributed by atoms with Crippen LogP contribution in [0.4, 0.5) is 0 Å². The molecular weight excluding hydrogens is 236 g/mol. The maximum absolute atomic E-state index is 5.97. The van der Waals surface area contributed by atoms with Gasteiger partial charge < -0.3 is 10.1 Å².